The van der Waals surface area contributed by atoms with E-state index < -0.39 is 11.2 Å². The molecule has 0 bridgehead atoms. The van der Waals surface area contributed by atoms with Crippen molar-refractivity contribution in [3.05, 3.63) is 70.0 Å². The zero-order valence-corrected chi connectivity index (χ0v) is 18.1. The third kappa shape index (κ3) is 4.64. The zero-order chi connectivity index (χ0) is 22.0. The molecule has 8 heteroatoms. The lowest BCUT2D eigenvalue weighted by atomic mass is 10.1. The molecule has 1 amide bonds. The molecule has 160 valence electrons. The minimum absolute atomic E-state index is 0.0473. The van der Waals surface area contributed by atoms with Crippen LogP contribution < -0.4 is 10.9 Å². The van der Waals surface area contributed by atoms with Gasteiger partial charge in [-0.3, -0.25) is 14.2 Å². The largest absolute Gasteiger partial charge is 0.465 e. The van der Waals surface area contributed by atoms with Crippen molar-refractivity contribution in [3.63, 3.8) is 0 Å². The first-order valence-electron chi connectivity index (χ1n) is 10.1. The van der Waals surface area contributed by atoms with Crippen molar-refractivity contribution in [2.75, 3.05) is 7.11 Å². The molecule has 0 spiro atoms. The maximum atomic E-state index is 13.0. The Morgan fingerprint density at radius 3 is 2.58 bits per heavy atom. The molecule has 4 rings (SSSR count). The van der Waals surface area contributed by atoms with Crippen LogP contribution in [0, 0.1) is 0 Å². The number of thioether (sulfide) groups is 1. The highest BCUT2D eigenvalue weighted by Crippen LogP contribution is 2.37. The summed E-state index contributed by atoms with van der Waals surface area (Å²) in [7, 11) is 1.34. The molecule has 0 radical (unpaired) electrons. The normalized spacial score (nSPS) is 14.3. The van der Waals surface area contributed by atoms with Gasteiger partial charge in [-0.15, -0.1) is 0 Å². The van der Waals surface area contributed by atoms with Crippen molar-refractivity contribution in [1.82, 2.24) is 14.9 Å². The maximum Gasteiger partial charge on any atom is 0.337 e. The molecule has 1 saturated carbocycles. The Labute approximate surface area is 183 Å². The van der Waals surface area contributed by atoms with Gasteiger partial charge >= 0.3 is 5.97 Å². The molecule has 1 atom stereocenters. The first-order chi connectivity index (χ1) is 15.0. The predicted octanol–water partition coefficient (Wildman–Crippen LogP) is 3.32. The predicted molar refractivity (Wildman–Crippen MR) is 119 cm³/mol. The Kier molecular flexibility index (Phi) is 6.08. The van der Waals surface area contributed by atoms with Crippen LogP contribution in [0.3, 0.4) is 0 Å². The molecule has 0 aliphatic heterocycles. The minimum Gasteiger partial charge on any atom is -0.465 e. The number of carbonyl (C=O) groups is 2. The van der Waals surface area contributed by atoms with Gasteiger partial charge in [-0.2, -0.15) is 0 Å². The zero-order valence-electron chi connectivity index (χ0n) is 17.3. The molecule has 1 fully saturated rings. The number of nitrogens with one attached hydrogen (secondary N) is 1. The Morgan fingerprint density at radius 2 is 1.90 bits per heavy atom. The average molecular weight is 438 g/mol. The van der Waals surface area contributed by atoms with Crippen molar-refractivity contribution in [3.8, 4) is 0 Å². The molecular formula is C23H23N3O4S. The molecule has 31 heavy (non-hydrogen) atoms. The fourth-order valence-corrected chi connectivity index (χ4v) is 4.29. The quantitative estimate of drug-likeness (QED) is 0.346. The summed E-state index contributed by atoms with van der Waals surface area (Å²) in [6.07, 6.45) is 1.91. The Morgan fingerprint density at radius 1 is 1.19 bits per heavy atom. The van der Waals surface area contributed by atoms with E-state index in [1.807, 2.05) is 18.2 Å². The van der Waals surface area contributed by atoms with Crippen LogP contribution in [0.1, 0.15) is 41.7 Å². The number of rotatable bonds is 7. The molecule has 1 aliphatic rings. The Bertz CT molecular complexity index is 1190. The first-order valence-corrected chi connectivity index (χ1v) is 11.0. The monoisotopic (exact) mass is 437 g/mol. The molecule has 3 aromatic rings. The van der Waals surface area contributed by atoms with Gasteiger partial charge in [0, 0.05) is 12.6 Å². The van der Waals surface area contributed by atoms with E-state index in [1.54, 1.807) is 41.8 Å². The summed E-state index contributed by atoms with van der Waals surface area (Å²) < 4.78 is 6.43. The molecule has 1 N–H and O–H groups in total. The molecule has 1 aliphatic carbocycles. The van der Waals surface area contributed by atoms with Gasteiger partial charge in [-0.05, 0) is 49.6 Å². The fourth-order valence-electron chi connectivity index (χ4n) is 3.28. The number of methoxy groups -OCH3 is 1. The van der Waals surface area contributed by atoms with Crippen LogP contribution in [0.5, 0.6) is 0 Å². The first kappa shape index (κ1) is 21.1. The second-order valence-electron chi connectivity index (χ2n) is 7.48. The summed E-state index contributed by atoms with van der Waals surface area (Å²) in [5.41, 5.74) is 1.93. The molecule has 1 heterocycles. The van der Waals surface area contributed by atoms with Crippen LogP contribution in [-0.4, -0.2) is 33.8 Å². The van der Waals surface area contributed by atoms with Crippen LogP contribution in [0.25, 0.3) is 10.9 Å². The van der Waals surface area contributed by atoms with E-state index in [4.69, 9.17) is 0 Å². The Balaban J connectivity index is 1.45. The smallest absolute Gasteiger partial charge is 0.337 e. The van der Waals surface area contributed by atoms with E-state index in [2.05, 4.69) is 15.0 Å². The number of aromatic nitrogens is 2. The lowest BCUT2D eigenvalue weighted by molar-refractivity contribution is -0.120. The third-order valence-corrected chi connectivity index (χ3v) is 6.25. The fraction of sp³-hybridized carbons (Fsp3) is 0.304. The molecular weight excluding hydrogens is 414 g/mol. The molecule has 1 unspecified atom stereocenters. The van der Waals surface area contributed by atoms with Crippen molar-refractivity contribution < 1.29 is 14.3 Å². The van der Waals surface area contributed by atoms with Gasteiger partial charge < -0.3 is 10.1 Å². The Hall–Kier alpha value is -3.13. The minimum atomic E-state index is -0.424. The number of fused-ring (bicyclic) bond motifs is 1. The van der Waals surface area contributed by atoms with Crippen molar-refractivity contribution in [2.24, 2.45) is 0 Å². The number of nitrogens with zero attached hydrogens (tertiary/aromatic N) is 2. The van der Waals surface area contributed by atoms with Crippen LogP contribution in [-0.2, 0) is 16.1 Å². The highest BCUT2D eigenvalue weighted by Gasteiger charge is 2.30. The highest BCUT2D eigenvalue weighted by molar-refractivity contribution is 8.00. The lowest BCUT2D eigenvalue weighted by Gasteiger charge is -2.16. The number of hydrogen-bond donors (Lipinski definition) is 1. The number of benzene rings is 2. The third-order valence-electron chi connectivity index (χ3n) is 5.18. The van der Waals surface area contributed by atoms with E-state index >= 15 is 0 Å². The maximum absolute atomic E-state index is 13.0. The van der Waals surface area contributed by atoms with Crippen molar-refractivity contribution in [1.29, 1.82) is 0 Å². The summed E-state index contributed by atoms with van der Waals surface area (Å²) in [6, 6.07) is 14.4. The second kappa shape index (κ2) is 8.93. The van der Waals surface area contributed by atoms with Gasteiger partial charge in [0.25, 0.3) is 5.56 Å². The van der Waals surface area contributed by atoms with Crippen molar-refractivity contribution in [2.45, 2.75) is 42.8 Å². The van der Waals surface area contributed by atoms with Crippen LogP contribution in [0.15, 0.2) is 58.5 Å². The van der Waals surface area contributed by atoms with E-state index in [0.717, 1.165) is 18.4 Å². The number of ether oxygens (including phenoxy) is 1. The van der Waals surface area contributed by atoms with Crippen LogP contribution in [0.2, 0.25) is 0 Å². The SMILES string of the molecule is COC(=O)c1ccc(CNC(=O)C(C)Sc2nc3ccccc3c(=O)n2C2CC2)cc1. The summed E-state index contributed by atoms with van der Waals surface area (Å²) >= 11 is 1.30. The number of hydrogen-bond acceptors (Lipinski definition) is 6. The second-order valence-corrected chi connectivity index (χ2v) is 8.79. The summed E-state index contributed by atoms with van der Waals surface area (Å²) in [4.78, 5) is 41.8. The van der Waals surface area contributed by atoms with Gasteiger partial charge in [-0.1, -0.05) is 36.0 Å². The summed E-state index contributed by atoms with van der Waals surface area (Å²) in [5.74, 6) is -0.544. The topological polar surface area (TPSA) is 90.3 Å². The van der Waals surface area contributed by atoms with Gasteiger partial charge in [0.15, 0.2) is 5.16 Å². The van der Waals surface area contributed by atoms with Crippen LogP contribution in [0.4, 0.5) is 0 Å². The van der Waals surface area contributed by atoms with Gasteiger partial charge in [0.1, 0.15) is 0 Å². The molecule has 2 aromatic carbocycles. The van der Waals surface area contributed by atoms with Crippen molar-refractivity contribution >= 4 is 34.5 Å². The van der Waals surface area contributed by atoms with Gasteiger partial charge in [0.2, 0.25) is 5.91 Å². The number of amides is 1. The number of carbonyl (C=O) groups excluding carboxylic acids is 2. The summed E-state index contributed by atoms with van der Waals surface area (Å²) in [5, 5.41) is 3.67. The van der Waals surface area contributed by atoms with Crippen LogP contribution >= 0.6 is 11.8 Å². The molecule has 0 saturated heterocycles. The van der Waals surface area contributed by atoms with E-state index in [0.29, 0.717) is 28.2 Å². The molecule has 1 aromatic heterocycles. The van der Waals surface area contributed by atoms with E-state index in [9.17, 15) is 14.4 Å². The van der Waals surface area contributed by atoms with E-state index in [-0.39, 0.29) is 17.5 Å². The van der Waals surface area contributed by atoms with E-state index in [1.165, 1.54) is 18.9 Å². The average Bonchev–Trinajstić information content (AvgIpc) is 3.62. The number of para-hydroxylation sites is 1. The number of esters is 1. The van der Waals surface area contributed by atoms with Gasteiger partial charge in [0.05, 0.1) is 28.8 Å². The van der Waals surface area contributed by atoms with Gasteiger partial charge in [-0.25, -0.2) is 9.78 Å². The standard InChI is InChI=1S/C23H23N3O4S/c1-14(20(27)24-13-15-7-9-16(10-8-15)22(29)30-2)31-23-25-19-6-4-3-5-18(19)21(28)26(23)17-11-12-17/h3-10,14,17H,11-13H2,1-2H3,(H,24,27). The highest BCUT2D eigenvalue weighted by atomic mass is 32.2. The summed E-state index contributed by atoms with van der Waals surface area (Å²) in [6.45, 7) is 2.14. The lowest BCUT2D eigenvalue weighted by Crippen LogP contribution is -2.31. The molecule has 7 nitrogen and oxygen atoms in total.